The lowest BCUT2D eigenvalue weighted by Crippen LogP contribution is -2.31. The quantitative estimate of drug-likeness (QED) is 0.760. The van der Waals surface area contributed by atoms with Crippen LogP contribution in [0.25, 0.3) is 0 Å². The van der Waals surface area contributed by atoms with Crippen LogP contribution in [0, 0.1) is 0 Å². The number of nitrogens with one attached hydrogen (secondary N) is 2. The Morgan fingerprint density at radius 3 is 2.38 bits per heavy atom. The molecular formula is C16H17N3OS. The predicted molar refractivity (Wildman–Crippen MR) is 89.2 cm³/mol. The third-order valence-electron chi connectivity index (χ3n) is 3.09. The molecule has 1 unspecified atom stereocenters. The summed E-state index contributed by atoms with van der Waals surface area (Å²) in [7, 11) is 0. The zero-order chi connectivity index (χ0) is 15.2. The number of thiocarbonyl (C=S) groups is 1. The maximum atomic E-state index is 11.4. The van der Waals surface area contributed by atoms with Crippen molar-refractivity contribution in [3.05, 3.63) is 65.7 Å². The van der Waals surface area contributed by atoms with Crippen molar-refractivity contribution in [3.63, 3.8) is 0 Å². The zero-order valence-corrected chi connectivity index (χ0v) is 12.5. The van der Waals surface area contributed by atoms with Gasteiger partial charge in [-0.05, 0) is 36.8 Å². The van der Waals surface area contributed by atoms with Crippen LogP contribution in [-0.2, 0) is 0 Å². The first-order valence-corrected chi connectivity index (χ1v) is 7.00. The van der Waals surface area contributed by atoms with Crippen molar-refractivity contribution in [3.8, 4) is 0 Å². The minimum absolute atomic E-state index is 0.0620. The second kappa shape index (κ2) is 6.85. The van der Waals surface area contributed by atoms with E-state index in [1.807, 2.05) is 43.3 Å². The highest BCUT2D eigenvalue weighted by Crippen LogP contribution is 2.15. The summed E-state index contributed by atoms with van der Waals surface area (Å²) in [4.78, 5) is 11.4. The Kier molecular flexibility index (Phi) is 4.90. The van der Waals surface area contributed by atoms with Crippen molar-refractivity contribution in [2.45, 2.75) is 13.0 Å². The molecule has 0 aliphatic rings. The number of amides is 1. The van der Waals surface area contributed by atoms with E-state index >= 15 is 0 Å². The summed E-state index contributed by atoms with van der Waals surface area (Å²) in [6.07, 6.45) is 0. The van der Waals surface area contributed by atoms with Crippen molar-refractivity contribution >= 4 is 28.9 Å². The number of hydrogen-bond acceptors (Lipinski definition) is 2. The van der Waals surface area contributed by atoms with Crippen molar-refractivity contribution in [1.29, 1.82) is 0 Å². The van der Waals surface area contributed by atoms with Crippen LogP contribution in [0.2, 0.25) is 0 Å². The second-order valence-electron chi connectivity index (χ2n) is 4.64. The molecule has 0 heterocycles. The molecule has 5 heteroatoms. The molecule has 0 saturated heterocycles. The van der Waals surface area contributed by atoms with E-state index in [0.29, 0.717) is 16.4 Å². The molecule has 0 bridgehead atoms. The van der Waals surface area contributed by atoms with Crippen LogP contribution >= 0.6 is 12.2 Å². The van der Waals surface area contributed by atoms with Crippen molar-refractivity contribution < 1.29 is 4.79 Å². The molecule has 2 aromatic rings. The molecule has 4 nitrogen and oxygen atoms in total. The highest BCUT2D eigenvalue weighted by molar-refractivity contribution is 7.80. The van der Waals surface area contributed by atoms with Crippen molar-refractivity contribution in [1.82, 2.24) is 5.32 Å². The second-order valence-corrected chi connectivity index (χ2v) is 5.05. The average Bonchev–Trinajstić information content (AvgIpc) is 2.48. The van der Waals surface area contributed by atoms with Gasteiger partial charge in [-0.2, -0.15) is 0 Å². The predicted octanol–water partition coefficient (Wildman–Crippen LogP) is 2.83. The van der Waals surface area contributed by atoms with Gasteiger partial charge in [0.2, 0.25) is 0 Å². The normalized spacial score (nSPS) is 11.5. The molecule has 0 fully saturated rings. The highest BCUT2D eigenvalue weighted by atomic mass is 32.1. The van der Waals surface area contributed by atoms with Gasteiger partial charge in [-0.1, -0.05) is 42.5 Å². The van der Waals surface area contributed by atoms with Gasteiger partial charge in [0.1, 0.15) is 0 Å². The molecule has 1 atom stereocenters. The smallest absolute Gasteiger partial charge is 0.250 e. The fourth-order valence-corrected chi connectivity index (χ4v) is 2.27. The molecule has 0 aliphatic carbocycles. The third-order valence-corrected chi connectivity index (χ3v) is 3.31. The van der Waals surface area contributed by atoms with Gasteiger partial charge >= 0.3 is 0 Å². The number of rotatable bonds is 4. The van der Waals surface area contributed by atoms with Gasteiger partial charge in [0.25, 0.3) is 5.91 Å². The van der Waals surface area contributed by atoms with Gasteiger partial charge < -0.3 is 16.4 Å². The van der Waals surface area contributed by atoms with Crippen molar-refractivity contribution in [2.24, 2.45) is 5.73 Å². The van der Waals surface area contributed by atoms with E-state index in [1.165, 1.54) is 0 Å². The first-order chi connectivity index (χ1) is 10.1. The Morgan fingerprint density at radius 2 is 1.71 bits per heavy atom. The SMILES string of the molecule is CC(NC(=S)Nc1ccccc1C(N)=O)c1ccccc1. The molecule has 0 aromatic heterocycles. The molecule has 0 saturated carbocycles. The Hall–Kier alpha value is -2.40. The highest BCUT2D eigenvalue weighted by Gasteiger charge is 2.10. The van der Waals surface area contributed by atoms with Gasteiger partial charge in [-0.3, -0.25) is 4.79 Å². The summed E-state index contributed by atoms with van der Waals surface area (Å²) in [5.74, 6) is -0.489. The number of hydrogen-bond donors (Lipinski definition) is 3. The van der Waals surface area contributed by atoms with Crippen LogP contribution in [0.5, 0.6) is 0 Å². The maximum Gasteiger partial charge on any atom is 0.250 e. The topological polar surface area (TPSA) is 67.2 Å². The van der Waals surface area contributed by atoms with Crippen molar-refractivity contribution in [2.75, 3.05) is 5.32 Å². The van der Waals surface area contributed by atoms with E-state index in [1.54, 1.807) is 18.2 Å². The summed E-state index contributed by atoms with van der Waals surface area (Å²) in [6, 6.07) is 17.0. The molecular weight excluding hydrogens is 282 g/mol. The number of nitrogens with two attached hydrogens (primary N) is 1. The van der Waals surface area contributed by atoms with Crippen LogP contribution in [0.15, 0.2) is 54.6 Å². The van der Waals surface area contributed by atoms with Gasteiger partial charge in [0.15, 0.2) is 5.11 Å². The Bertz CT molecular complexity index is 643. The number of benzene rings is 2. The fourth-order valence-electron chi connectivity index (χ4n) is 1.99. The molecule has 1 amide bonds. The molecule has 0 aliphatic heterocycles. The summed E-state index contributed by atoms with van der Waals surface area (Å²) in [5.41, 5.74) is 7.48. The van der Waals surface area contributed by atoms with E-state index in [4.69, 9.17) is 18.0 Å². The molecule has 2 rings (SSSR count). The average molecular weight is 299 g/mol. The van der Waals surface area contributed by atoms with Gasteiger partial charge in [0.05, 0.1) is 17.3 Å². The van der Waals surface area contributed by atoms with Crippen LogP contribution in [0.1, 0.15) is 28.9 Å². The maximum absolute atomic E-state index is 11.4. The monoisotopic (exact) mass is 299 g/mol. The molecule has 108 valence electrons. The lowest BCUT2D eigenvalue weighted by atomic mass is 10.1. The van der Waals surface area contributed by atoms with Crippen LogP contribution in [-0.4, -0.2) is 11.0 Å². The zero-order valence-electron chi connectivity index (χ0n) is 11.7. The van der Waals surface area contributed by atoms with Crippen LogP contribution in [0.3, 0.4) is 0 Å². The minimum Gasteiger partial charge on any atom is -0.366 e. The summed E-state index contributed by atoms with van der Waals surface area (Å²) in [6.45, 7) is 2.02. The first-order valence-electron chi connectivity index (χ1n) is 6.59. The first kappa shape index (κ1) is 15.0. The standard InChI is InChI=1S/C16H17N3OS/c1-11(12-7-3-2-4-8-12)18-16(21)19-14-10-6-5-9-13(14)15(17)20/h2-11H,1H3,(H2,17,20)(H2,18,19,21). The van der Waals surface area contributed by atoms with E-state index in [9.17, 15) is 4.79 Å². The largest absolute Gasteiger partial charge is 0.366 e. The third kappa shape index (κ3) is 4.03. The molecule has 21 heavy (non-hydrogen) atoms. The lowest BCUT2D eigenvalue weighted by Gasteiger charge is -2.18. The Labute approximate surface area is 129 Å². The van der Waals surface area contributed by atoms with E-state index in [-0.39, 0.29) is 6.04 Å². The van der Waals surface area contributed by atoms with Gasteiger partial charge in [0, 0.05) is 0 Å². The summed E-state index contributed by atoms with van der Waals surface area (Å²) < 4.78 is 0. The summed E-state index contributed by atoms with van der Waals surface area (Å²) >= 11 is 5.28. The molecule has 0 radical (unpaired) electrons. The van der Waals surface area contributed by atoms with E-state index < -0.39 is 5.91 Å². The molecule has 0 spiro atoms. The van der Waals surface area contributed by atoms with Gasteiger partial charge in [-0.15, -0.1) is 0 Å². The number of primary amides is 1. The molecule has 2 aromatic carbocycles. The van der Waals surface area contributed by atoms with E-state index in [0.717, 1.165) is 5.56 Å². The number of anilines is 1. The van der Waals surface area contributed by atoms with Crippen LogP contribution < -0.4 is 16.4 Å². The number of carbonyl (C=O) groups excluding carboxylic acids is 1. The lowest BCUT2D eigenvalue weighted by molar-refractivity contribution is 0.100. The van der Waals surface area contributed by atoms with E-state index in [2.05, 4.69) is 10.6 Å². The summed E-state index contributed by atoms with van der Waals surface area (Å²) in [5, 5.41) is 6.64. The number of para-hydroxylation sites is 1. The Balaban J connectivity index is 2.04. The van der Waals surface area contributed by atoms with Gasteiger partial charge in [-0.25, -0.2) is 0 Å². The number of carbonyl (C=O) groups is 1. The molecule has 4 N–H and O–H groups in total. The fraction of sp³-hybridized carbons (Fsp3) is 0.125. The minimum atomic E-state index is -0.489. The van der Waals surface area contributed by atoms with Crippen LogP contribution in [0.4, 0.5) is 5.69 Å². The Morgan fingerprint density at radius 1 is 1.10 bits per heavy atom.